The van der Waals surface area contributed by atoms with Crippen LogP contribution in [0.4, 0.5) is 0 Å². The molecule has 0 aliphatic heterocycles. The summed E-state index contributed by atoms with van der Waals surface area (Å²) >= 11 is 5.75. The third-order valence-corrected chi connectivity index (χ3v) is 2.05. The minimum absolute atomic E-state index is 1.11. The van der Waals surface area contributed by atoms with Gasteiger partial charge in [-0.05, 0) is 12.5 Å². The lowest BCUT2D eigenvalue weighted by Crippen LogP contribution is -1.67. The second-order valence-electron chi connectivity index (χ2n) is 1.66. The first-order valence-electron chi connectivity index (χ1n) is 3.02. The molecular weight excluding hydrogens is 303 g/mol. The van der Waals surface area contributed by atoms with Crippen LogP contribution in [0, 0.1) is 0 Å². The molecule has 2 heteroatoms. The van der Waals surface area contributed by atoms with Crippen LogP contribution < -0.4 is 0 Å². The van der Waals surface area contributed by atoms with E-state index in [2.05, 4.69) is 51.2 Å². The van der Waals surface area contributed by atoms with Gasteiger partial charge in [-0.25, -0.2) is 0 Å². The molecule has 0 aromatic rings. The van der Waals surface area contributed by atoms with Crippen LogP contribution in [0.3, 0.4) is 0 Å². The number of alkyl halides is 1. The highest BCUT2D eigenvalue weighted by Gasteiger charge is 1.80. The van der Waals surface area contributed by atoms with Gasteiger partial charge in [0.25, 0.3) is 0 Å². The van der Waals surface area contributed by atoms with E-state index in [-0.39, 0.29) is 0 Å². The third-order valence-electron chi connectivity index (χ3n) is 0.840. The average Bonchev–Trinajstić information content (AvgIpc) is 1.97. The highest BCUT2D eigenvalue weighted by molar-refractivity contribution is 14.1. The van der Waals surface area contributed by atoms with Crippen molar-refractivity contribution >= 4 is 38.5 Å². The van der Waals surface area contributed by atoms with Crippen LogP contribution in [0.2, 0.25) is 0 Å². The Morgan fingerprint density at radius 2 is 2.30 bits per heavy atom. The standard InChI is InChI=1S/C8H10BrI/c1-2-3-5-8(9)6-4-7-10/h2-3,5-6H,1,4,7H2/b5-3-,8-6+. The molecule has 0 nitrogen and oxygen atoms in total. The van der Waals surface area contributed by atoms with Crippen molar-refractivity contribution in [2.75, 3.05) is 4.43 Å². The maximum absolute atomic E-state index is 3.58. The smallest absolute Gasteiger partial charge is 0.0135 e. The van der Waals surface area contributed by atoms with E-state index in [1.807, 2.05) is 12.2 Å². The van der Waals surface area contributed by atoms with E-state index in [4.69, 9.17) is 0 Å². The Bertz CT molecular complexity index is 147. The molecule has 56 valence electrons. The molecule has 0 amide bonds. The summed E-state index contributed by atoms with van der Waals surface area (Å²) in [5.74, 6) is 0. The van der Waals surface area contributed by atoms with Crippen LogP contribution in [0.15, 0.2) is 35.4 Å². The van der Waals surface area contributed by atoms with Gasteiger partial charge in [-0.15, -0.1) is 0 Å². The molecule has 0 aromatic carbocycles. The second kappa shape index (κ2) is 7.54. The van der Waals surface area contributed by atoms with E-state index < -0.39 is 0 Å². The Balaban J connectivity index is 3.69. The molecule has 0 radical (unpaired) electrons. The van der Waals surface area contributed by atoms with Crippen molar-refractivity contribution in [3.05, 3.63) is 35.4 Å². The average molecular weight is 313 g/mol. The van der Waals surface area contributed by atoms with Gasteiger partial charge in [0.05, 0.1) is 0 Å². The molecule has 0 unspecified atom stereocenters. The lowest BCUT2D eigenvalue weighted by Gasteiger charge is -1.86. The summed E-state index contributed by atoms with van der Waals surface area (Å²) in [7, 11) is 0. The molecule has 0 aliphatic rings. The van der Waals surface area contributed by atoms with Crippen LogP contribution in [-0.4, -0.2) is 4.43 Å². The van der Waals surface area contributed by atoms with Crippen molar-refractivity contribution in [1.82, 2.24) is 0 Å². The van der Waals surface area contributed by atoms with E-state index in [0.717, 1.165) is 15.3 Å². The molecule has 0 saturated heterocycles. The number of halogens is 2. The lowest BCUT2D eigenvalue weighted by atomic mass is 10.4. The molecule has 10 heavy (non-hydrogen) atoms. The monoisotopic (exact) mass is 312 g/mol. The highest BCUT2D eigenvalue weighted by Crippen LogP contribution is 2.08. The molecule has 0 saturated carbocycles. The summed E-state index contributed by atoms with van der Waals surface area (Å²) in [5.41, 5.74) is 0. The summed E-state index contributed by atoms with van der Waals surface area (Å²) < 4.78 is 2.29. The van der Waals surface area contributed by atoms with Gasteiger partial charge in [0.1, 0.15) is 0 Å². The van der Waals surface area contributed by atoms with E-state index in [1.165, 1.54) is 0 Å². The fourth-order valence-corrected chi connectivity index (χ4v) is 1.11. The Hall–Kier alpha value is 0.430. The van der Waals surface area contributed by atoms with Crippen molar-refractivity contribution in [3.63, 3.8) is 0 Å². The molecule has 0 aromatic heterocycles. The van der Waals surface area contributed by atoms with Crippen LogP contribution >= 0.6 is 38.5 Å². The summed E-state index contributed by atoms with van der Waals surface area (Å²) in [6, 6.07) is 0. The lowest BCUT2D eigenvalue weighted by molar-refractivity contribution is 1.27. The topological polar surface area (TPSA) is 0 Å². The Morgan fingerprint density at radius 3 is 2.80 bits per heavy atom. The minimum Gasteiger partial charge on any atom is -0.0991 e. The summed E-state index contributed by atoms with van der Waals surface area (Å²) in [5, 5.41) is 0. The number of rotatable bonds is 4. The molecule has 0 fully saturated rings. The molecule has 0 rings (SSSR count). The molecule has 0 heterocycles. The molecule has 0 spiro atoms. The minimum atomic E-state index is 1.11. The van der Waals surface area contributed by atoms with Crippen molar-refractivity contribution < 1.29 is 0 Å². The van der Waals surface area contributed by atoms with E-state index in [9.17, 15) is 0 Å². The first-order chi connectivity index (χ1) is 4.81. The van der Waals surface area contributed by atoms with Crippen LogP contribution in [0.5, 0.6) is 0 Å². The van der Waals surface area contributed by atoms with Gasteiger partial charge in [-0.1, -0.05) is 63.3 Å². The van der Waals surface area contributed by atoms with Gasteiger partial charge in [0.15, 0.2) is 0 Å². The molecular formula is C8H10BrI. The Morgan fingerprint density at radius 1 is 1.60 bits per heavy atom. The van der Waals surface area contributed by atoms with Gasteiger partial charge < -0.3 is 0 Å². The zero-order valence-electron chi connectivity index (χ0n) is 5.69. The second-order valence-corrected chi connectivity index (χ2v) is 3.66. The largest absolute Gasteiger partial charge is 0.0991 e. The quantitative estimate of drug-likeness (QED) is 0.420. The molecule has 0 N–H and O–H groups in total. The number of hydrogen-bond acceptors (Lipinski definition) is 0. The predicted molar refractivity (Wildman–Crippen MR) is 59.9 cm³/mol. The Labute approximate surface area is 84.4 Å². The van der Waals surface area contributed by atoms with Crippen LogP contribution in [0.25, 0.3) is 0 Å². The first-order valence-corrected chi connectivity index (χ1v) is 5.34. The van der Waals surface area contributed by atoms with Gasteiger partial charge >= 0.3 is 0 Å². The first kappa shape index (κ1) is 10.4. The van der Waals surface area contributed by atoms with Crippen molar-refractivity contribution in [3.8, 4) is 0 Å². The summed E-state index contributed by atoms with van der Waals surface area (Å²) in [6.45, 7) is 3.58. The maximum Gasteiger partial charge on any atom is 0.0135 e. The van der Waals surface area contributed by atoms with Gasteiger partial charge in [0, 0.05) is 8.91 Å². The fraction of sp³-hybridized carbons (Fsp3) is 0.250. The fourth-order valence-electron chi connectivity index (χ4n) is 0.420. The van der Waals surface area contributed by atoms with Gasteiger partial charge in [-0.3, -0.25) is 0 Å². The zero-order chi connectivity index (χ0) is 7.82. The summed E-state index contributed by atoms with van der Waals surface area (Å²) in [4.78, 5) is 0. The van der Waals surface area contributed by atoms with Crippen LogP contribution in [-0.2, 0) is 0 Å². The third kappa shape index (κ3) is 6.55. The Kier molecular flexibility index (Phi) is 7.86. The number of hydrogen-bond donors (Lipinski definition) is 0. The van der Waals surface area contributed by atoms with Gasteiger partial charge in [0.2, 0.25) is 0 Å². The molecule has 0 atom stereocenters. The zero-order valence-corrected chi connectivity index (χ0v) is 9.43. The SMILES string of the molecule is C=C/C=C\C(Br)=C/CCI. The van der Waals surface area contributed by atoms with E-state index in [1.54, 1.807) is 6.08 Å². The van der Waals surface area contributed by atoms with Crippen molar-refractivity contribution in [2.24, 2.45) is 0 Å². The normalized spacial score (nSPS) is 12.4. The van der Waals surface area contributed by atoms with Crippen LogP contribution in [0.1, 0.15) is 6.42 Å². The van der Waals surface area contributed by atoms with E-state index >= 15 is 0 Å². The van der Waals surface area contributed by atoms with Gasteiger partial charge in [-0.2, -0.15) is 0 Å². The summed E-state index contributed by atoms with van der Waals surface area (Å²) in [6.07, 6.45) is 8.92. The highest BCUT2D eigenvalue weighted by atomic mass is 127. The number of allylic oxidation sites excluding steroid dienone is 5. The van der Waals surface area contributed by atoms with E-state index in [0.29, 0.717) is 0 Å². The molecule has 0 bridgehead atoms. The maximum atomic E-state index is 3.58. The predicted octanol–water partition coefficient (Wildman–Crippen LogP) is 3.83. The molecule has 0 aliphatic carbocycles. The van der Waals surface area contributed by atoms with Crippen molar-refractivity contribution in [1.29, 1.82) is 0 Å². The van der Waals surface area contributed by atoms with Crippen molar-refractivity contribution in [2.45, 2.75) is 6.42 Å².